The molecule has 2 heterocycles. The minimum atomic E-state index is -0.347. The first kappa shape index (κ1) is 24.2. The van der Waals surface area contributed by atoms with Crippen LogP contribution in [0.5, 0.6) is 0 Å². The summed E-state index contributed by atoms with van der Waals surface area (Å²) < 4.78 is 20.5. The second-order valence-corrected chi connectivity index (χ2v) is 9.90. The maximum Gasteiger partial charge on any atom is 0.332 e. The Morgan fingerprint density at radius 3 is 2.48 bits per heavy atom. The fourth-order valence-corrected chi connectivity index (χ4v) is 5.06. The van der Waals surface area contributed by atoms with E-state index < -0.39 is 0 Å². The summed E-state index contributed by atoms with van der Waals surface area (Å²) in [5, 5.41) is 0. The highest BCUT2D eigenvalue weighted by Crippen LogP contribution is 2.37. The Balaban J connectivity index is 1.50. The van der Waals surface area contributed by atoms with Gasteiger partial charge >= 0.3 is 5.69 Å². The molecule has 1 aliphatic heterocycles. The van der Waals surface area contributed by atoms with E-state index in [1.54, 1.807) is 14.0 Å². The van der Waals surface area contributed by atoms with Gasteiger partial charge in [-0.1, -0.05) is 6.92 Å². The SMILES string of the molecule is Cc1c(N=C(OC2CCCC2)C2CCC2C)n(C)c(=O)n(CCCOC2CCCCO2)c1=O. The lowest BCUT2D eigenvalue weighted by molar-refractivity contribution is -0.163. The number of rotatable bonds is 8. The lowest BCUT2D eigenvalue weighted by atomic mass is 9.75. The lowest BCUT2D eigenvalue weighted by Gasteiger charge is -2.35. The van der Waals surface area contributed by atoms with Gasteiger partial charge in [0.05, 0.1) is 12.2 Å². The third-order valence-corrected chi connectivity index (χ3v) is 7.45. The Hall–Kier alpha value is -1.93. The second-order valence-electron chi connectivity index (χ2n) is 9.90. The lowest BCUT2D eigenvalue weighted by Crippen LogP contribution is -2.41. The van der Waals surface area contributed by atoms with E-state index in [0.29, 0.717) is 42.8 Å². The average Bonchev–Trinajstić information content (AvgIpc) is 3.32. The van der Waals surface area contributed by atoms with Crippen molar-refractivity contribution in [2.75, 3.05) is 13.2 Å². The van der Waals surface area contributed by atoms with Crippen molar-refractivity contribution >= 4 is 11.7 Å². The summed E-state index contributed by atoms with van der Waals surface area (Å²) >= 11 is 0. The summed E-state index contributed by atoms with van der Waals surface area (Å²) in [5.41, 5.74) is -0.152. The highest BCUT2D eigenvalue weighted by Gasteiger charge is 2.35. The van der Waals surface area contributed by atoms with Gasteiger partial charge in [0.25, 0.3) is 5.56 Å². The van der Waals surface area contributed by atoms with Crippen LogP contribution in [-0.4, -0.2) is 40.6 Å². The first-order chi connectivity index (χ1) is 16.0. The quantitative estimate of drug-likeness (QED) is 0.334. The number of ether oxygens (including phenoxy) is 3. The Morgan fingerprint density at radius 1 is 1.09 bits per heavy atom. The maximum absolute atomic E-state index is 13.1. The molecule has 1 aromatic heterocycles. The minimum Gasteiger partial charge on any atom is -0.477 e. The third kappa shape index (κ3) is 5.60. The van der Waals surface area contributed by atoms with Crippen molar-refractivity contribution in [1.82, 2.24) is 9.13 Å². The van der Waals surface area contributed by atoms with Crippen LogP contribution in [0.3, 0.4) is 0 Å². The summed E-state index contributed by atoms with van der Waals surface area (Å²) in [7, 11) is 1.69. The molecule has 2 aliphatic carbocycles. The highest BCUT2D eigenvalue weighted by molar-refractivity contribution is 5.82. The van der Waals surface area contributed by atoms with Crippen LogP contribution in [0.2, 0.25) is 0 Å². The fraction of sp³-hybridized carbons (Fsp3) is 0.800. The molecule has 8 nitrogen and oxygen atoms in total. The highest BCUT2D eigenvalue weighted by atomic mass is 16.7. The molecule has 0 spiro atoms. The van der Waals surface area contributed by atoms with Crippen molar-refractivity contribution in [3.8, 4) is 0 Å². The van der Waals surface area contributed by atoms with E-state index in [4.69, 9.17) is 19.2 Å². The number of aliphatic imine (C=N–C) groups is 1. The predicted molar refractivity (Wildman–Crippen MR) is 127 cm³/mol. The zero-order valence-corrected chi connectivity index (χ0v) is 20.4. The van der Waals surface area contributed by atoms with Crippen molar-refractivity contribution < 1.29 is 14.2 Å². The van der Waals surface area contributed by atoms with E-state index in [0.717, 1.165) is 51.6 Å². The van der Waals surface area contributed by atoms with Crippen molar-refractivity contribution in [3.63, 3.8) is 0 Å². The van der Waals surface area contributed by atoms with E-state index in [-0.39, 0.29) is 29.6 Å². The van der Waals surface area contributed by atoms with Gasteiger partial charge in [-0.05, 0) is 77.0 Å². The van der Waals surface area contributed by atoms with Gasteiger partial charge in [0.1, 0.15) is 11.9 Å². The molecule has 0 bridgehead atoms. The van der Waals surface area contributed by atoms with Crippen LogP contribution < -0.4 is 11.2 Å². The molecule has 4 rings (SSSR count). The molecule has 0 amide bonds. The molecule has 2 saturated carbocycles. The van der Waals surface area contributed by atoms with Gasteiger partial charge in [-0.25, -0.2) is 4.79 Å². The van der Waals surface area contributed by atoms with E-state index in [1.165, 1.54) is 22.0 Å². The first-order valence-corrected chi connectivity index (χ1v) is 12.7. The van der Waals surface area contributed by atoms with Gasteiger partial charge in [0.2, 0.25) is 0 Å². The number of nitrogens with zero attached hydrogens (tertiary/aromatic N) is 3. The number of hydrogen-bond donors (Lipinski definition) is 0. The smallest absolute Gasteiger partial charge is 0.332 e. The average molecular weight is 462 g/mol. The minimum absolute atomic E-state index is 0.163. The van der Waals surface area contributed by atoms with Crippen molar-refractivity contribution in [3.05, 3.63) is 26.4 Å². The second kappa shape index (κ2) is 11.0. The molecule has 0 radical (unpaired) electrons. The summed E-state index contributed by atoms with van der Waals surface area (Å²) in [4.78, 5) is 30.9. The van der Waals surface area contributed by atoms with Crippen LogP contribution in [0.15, 0.2) is 14.6 Å². The molecule has 3 aliphatic rings. The largest absolute Gasteiger partial charge is 0.477 e. The van der Waals surface area contributed by atoms with Crippen LogP contribution in [0, 0.1) is 18.8 Å². The zero-order valence-electron chi connectivity index (χ0n) is 20.4. The fourth-order valence-electron chi connectivity index (χ4n) is 5.06. The summed E-state index contributed by atoms with van der Waals surface area (Å²) in [6.07, 6.45) is 10.4. The van der Waals surface area contributed by atoms with Crippen molar-refractivity contribution in [2.24, 2.45) is 23.9 Å². The molecule has 1 aromatic rings. The molecule has 1 saturated heterocycles. The monoisotopic (exact) mass is 461 g/mol. The van der Waals surface area contributed by atoms with E-state index in [2.05, 4.69) is 6.92 Å². The van der Waals surface area contributed by atoms with Gasteiger partial charge in [-0.3, -0.25) is 13.9 Å². The predicted octanol–water partition coefficient (Wildman–Crippen LogP) is 3.82. The van der Waals surface area contributed by atoms with Crippen molar-refractivity contribution in [2.45, 2.75) is 97.0 Å². The van der Waals surface area contributed by atoms with Crippen molar-refractivity contribution in [1.29, 1.82) is 0 Å². The molecule has 3 unspecified atom stereocenters. The third-order valence-electron chi connectivity index (χ3n) is 7.45. The van der Waals surface area contributed by atoms with Gasteiger partial charge in [-0.2, -0.15) is 4.99 Å². The van der Waals surface area contributed by atoms with E-state index in [1.807, 2.05) is 0 Å². The van der Waals surface area contributed by atoms with E-state index in [9.17, 15) is 9.59 Å². The summed E-state index contributed by atoms with van der Waals surface area (Å²) in [6, 6.07) is 0. The Bertz CT molecular complexity index is 917. The van der Waals surface area contributed by atoms with Crippen LogP contribution in [0.1, 0.15) is 76.7 Å². The van der Waals surface area contributed by atoms with Gasteiger partial charge < -0.3 is 14.2 Å². The zero-order chi connectivity index (χ0) is 23.4. The Labute approximate surface area is 195 Å². The molecule has 3 fully saturated rings. The standard InChI is InChI=1S/C25H39N3O5/c1-17-12-13-20(17)23(33-19-9-4-5-10-19)26-22-18(2)24(29)28(25(30)27(22)3)14-8-16-32-21-11-6-7-15-31-21/h17,19-21H,4-16H2,1-3H3. The van der Waals surface area contributed by atoms with E-state index >= 15 is 0 Å². The van der Waals surface area contributed by atoms with Gasteiger partial charge in [0, 0.05) is 26.1 Å². The van der Waals surface area contributed by atoms with Gasteiger partial charge in [-0.15, -0.1) is 0 Å². The summed E-state index contributed by atoms with van der Waals surface area (Å²) in [6.45, 7) is 5.47. The molecule has 184 valence electrons. The van der Waals surface area contributed by atoms with Crippen LogP contribution in [0.25, 0.3) is 0 Å². The Morgan fingerprint density at radius 2 is 1.85 bits per heavy atom. The Kier molecular flexibility index (Phi) is 8.07. The molecule has 8 heteroatoms. The molecule has 3 atom stereocenters. The number of hydrogen-bond acceptors (Lipinski definition) is 6. The molecular weight excluding hydrogens is 422 g/mol. The normalized spacial score (nSPS) is 26.4. The number of aromatic nitrogens is 2. The topological polar surface area (TPSA) is 84.1 Å². The maximum atomic E-state index is 13.1. The van der Waals surface area contributed by atoms with Crippen LogP contribution in [-0.2, 0) is 27.8 Å². The molecule has 0 aromatic carbocycles. The summed E-state index contributed by atoms with van der Waals surface area (Å²) in [5.74, 6) is 1.90. The first-order valence-electron chi connectivity index (χ1n) is 12.7. The van der Waals surface area contributed by atoms with Gasteiger partial charge in [0.15, 0.2) is 12.2 Å². The van der Waals surface area contributed by atoms with Crippen LogP contribution >= 0.6 is 0 Å². The molecule has 0 N–H and O–H groups in total. The van der Waals surface area contributed by atoms with Crippen LogP contribution in [0.4, 0.5) is 5.82 Å². The molecular formula is C25H39N3O5. The molecule has 33 heavy (non-hydrogen) atoms.